The van der Waals surface area contributed by atoms with Gasteiger partial charge in [0.25, 0.3) is 5.91 Å². The standard InChI is InChI=1S/C19H23N3O4S2/c1-13-6-5-7-14(2)17(13)21-16(23)12-20-19(24)18-15(8-11-27-18)28(25,26)22-9-3-4-10-22/h5-8,11H,3-4,9-10,12H2,1-2H3,(H,20,24)(H,21,23). The molecule has 28 heavy (non-hydrogen) atoms. The molecule has 9 heteroatoms. The van der Waals surface area contributed by atoms with Crippen molar-refractivity contribution >= 4 is 38.9 Å². The molecular weight excluding hydrogens is 398 g/mol. The van der Waals surface area contributed by atoms with Crippen LogP contribution in [0.25, 0.3) is 0 Å². The first-order chi connectivity index (χ1) is 13.3. The zero-order valence-corrected chi connectivity index (χ0v) is 17.5. The summed E-state index contributed by atoms with van der Waals surface area (Å²) in [4.78, 5) is 24.9. The first-order valence-electron chi connectivity index (χ1n) is 9.02. The van der Waals surface area contributed by atoms with Gasteiger partial charge in [0.15, 0.2) is 0 Å². The van der Waals surface area contributed by atoms with Crippen LogP contribution < -0.4 is 10.6 Å². The molecular formula is C19H23N3O4S2. The third-order valence-electron chi connectivity index (χ3n) is 4.67. The summed E-state index contributed by atoms with van der Waals surface area (Å²) in [5.74, 6) is -0.935. The molecule has 0 radical (unpaired) electrons. The van der Waals surface area contributed by atoms with E-state index in [1.54, 1.807) is 5.38 Å². The van der Waals surface area contributed by atoms with E-state index in [0.29, 0.717) is 13.1 Å². The van der Waals surface area contributed by atoms with E-state index in [2.05, 4.69) is 10.6 Å². The summed E-state index contributed by atoms with van der Waals surface area (Å²) in [5, 5.41) is 6.89. The quantitative estimate of drug-likeness (QED) is 0.749. The van der Waals surface area contributed by atoms with Crippen LogP contribution in [0.3, 0.4) is 0 Å². The first-order valence-corrected chi connectivity index (χ1v) is 11.3. The van der Waals surface area contributed by atoms with Crippen molar-refractivity contribution in [2.75, 3.05) is 25.0 Å². The average molecular weight is 422 g/mol. The number of nitrogens with one attached hydrogen (secondary N) is 2. The van der Waals surface area contributed by atoms with Gasteiger partial charge in [-0.05, 0) is 49.3 Å². The van der Waals surface area contributed by atoms with Crippen LogP contribution in [0.2, 0.25) is 0 Å². The Morgan fingerprint density at radius 1 is 1.11 bits per heavy atom. The third kappa shape index (κ3) is 4.26. The molecule has 0 spiro atoms. The van der Waals surface area contributed by atoms with Gasteiger partial charge >= 0.3 is 0 Å². The lowest BCUT2D eigenvalue weighted by Crippen LogP contribution is -2.34. The van der Waals surface area contributed by atoms with Crippen LogP contribution in [0.15, 0.2) is 34.5 Å². The van der Waals surface area contributed by atoms with Gasteiger partial charge in [-0.15, -0.1) is 11.3 Å². The molecule has 1 aliphatic rings. The average Bonchev–Trinajstić information content (AvgIpc) is 3.35. The van der Waals surface area contributed by atoms with Gasteiger partial charge in [-0.1, -0.05) is 18.2 Å². The Labute approximate surface area is 168 Å². The number of carbonyl (C=O) groups excluding carboxylic acids is 2. The molecule has 2 amide bonds. The number of para-hydroxylation sites is 1. The number of rotatable bonds is 6. The summed E-state index contributed by atoms with van der Waals surface area (Å²) in [6.07, 6.45) is 1.65. The van der Waals surface area contributed by atoms with Gasteiger partial charge in [-0.25, -0.2) is 8.42 Å². The van der Waals surface area contributed by atoms with Crippen molar-refractivity contribution < 1.29 is 18.0 Å². The number of carbonyl (C=O) groups is 2. The van der Waals surface area contributed by atoms with Gasteiger partial charge in [-0.3, -0.25) is 9.59 Å². The highest BCUT2D eigenvalue weighted by molar-refractivity contribution is 7.89. The number of aryl methyl sites for hydroxylation is 2. The second kappa shape index (κ2) is 8.42. The smallest absolute Gasteiger partial charge is 0.263 e. The first kappa shape index (κ1) is 20.5. The lowest BCUT2D eigenvalue weighted by Gasteiger charge is -2.15. The van der Waals surface area contributed by atoms with Crippen LogP contribution in [0.5, 0.6) is 0 Å². The van der Waals surface area contributed by atoms with E-state index in [1.807, 2.05) is 32.0 Å². The van der Waals surface area contributed by atoms with Crippen molar-refractivity contribution in [3.05, 3.63) is 45.6 Å². The monoisotopic (exact) mass is 421 g/mol. The maximum Gasteiger partial charge on any atom is 0.263 e. The van der Waals surface area contributed by atoms with Crippen LogP contribution >= 0.6 is 11.3 Å². The summed E-state index contributed by atoms with van der Waals surface area (Å²) in [5.41, 5.74) is 2.57. The molecule has 1 saturated heterocycles. The molecule has 1 aromatic heterocycles. The Kier molecular flexibility index (Phi) is 6.17. The molecule has 3 rings (SSSR count). The molecule has 1 aliphatic heterocycles. The zero-order valence-electron chi connectivity index (χ0n) is 15.8. The van der Waals surface area contributed by atoms with Gasteiger partial charge in [0.05, 0.1) is 6.54 Å². The van der Waals surface area contributed by atoms with Crippen molar-refractivity contribution in [1.82, 2.24) is 9.62 Å². The van der Waals surface area contributed by atoms with Crippen LogP contribution in [0.4, 0.5) is 5.69 Å². The van der Waals surface area contributed by atoms with Gasteiger partial charge in [0.1, 0.15) is 9.77 Å². The van der Waals surface area contributed by atoms with Crippen LogP contribution in [0, 0.1) is 13.8 Å². The minimum Gasteiger partial charge on any atom is -0.342 e. The second-order valence-electron chi connectivity index (χ2n) is 6.72. The molecule has 7 nitrogen and oxygen atoms in total. The topological polar surface area (TPSA) is 95.6 Å². The Morgan fingerprint density at radius 3 is 2.39 bits per heavy atom. The predicted molar refractivity (Wildman–Crippen MR) is 109 cm³/mol. The summed E-state index contributed by atoms with van der Waals surface area (Å²) >= 11 is 1.05. The number of amides is 2. The molecule has 1 aromatic carbocycles. The fourth-order valence-corrected chi connectivity index (χ4v) is 6.00. The largest absolute Gasteiger partial charge is 0.342 e. The summed E-state index contributed by atoms with van der Waals surface area (Å²) in [6, 6.07) is 7.13. The third-order valence-corrected chi connectivity index (χ3v) is 7.66. The van der Waals surface area contributed by atoms with Crippen molar-refractivity contribution in [2.24, 2.45) is 0 Å². The molecule has 150 valence electrons. The van der Waals surface area contributed by atoms with Gasteiger partial charge in [0, 0.05) is 18.8 Å². The van der Waals surface area contributed by atoms with E-state index in [4.69, 9.17) is 0 Å². The number of benzene rings is 1. The molecule has 2 heterocycles. The Bertz CT molecular complexity index is 972. The fraction of sp³-hybridized carbons (Fsp3) is 0.368. The van der Waals surface area contributed by atoms with Crippen molar-refractivity contribution in [3.8, 4) is 0 Å². The molecule has 0 unspecified atom stereocenters. The number of hydrogen-bond acceptors (Lipinski definition) is 5. The minimum atomic E-state index is -3.69. The van der Waals surface area contributed by atoms with Gasteiger partial charge < -0.3 is 10.6 Å². The lowest BCUT2D eigenvalue weighted by atomic mass is 10.1. The SMILES string of the molecule is Cc1cccc(C)c1NC(=O)CNC(=O)c1sccc1S(=O)(=O)N1CCCC1. The van der Waals surface area contributed by atoms with Crippen molar-refractivity contribution in [1.29, 1.82) is 0 Å². The molecule has 2 N–H and O–H groups in total. The van der Waals surface area contributed by atoms with Crippen molar-refractivity contribution in [2.45, 2.75) is 31.6 Å². The van der Waals surface area contributed by atoms with E-state index in [0.717, 1.165) is 41.0 Å². The number of nitrogens with zero attached hydrogens (tertiary/aromatic N) is 1. The summed E-state index contributed by atoms with van der Waals surface area (Å²) in [6.45, 7) is 4.48. The number of sulfonamides is 1. The Balaban J connectivity index is 1.66. The van der Waals surface area contributed by atoms with Crippen molar-refractivity contribution in [3.63, 3.8) is 0 Å². The molecule has 1 fully saturated rings. The summed E-state index contributed by atoms with van der Waals surface area (Å²) < 4.78 is 26.9. The number of hydrogen-bond donors (Lipinski definition) is 2. The highest BCUT2D eigenvalue weighted by Crippen LogP contribution is 2.27. The fourth-order valence-electron chi connectivity index (χ4n) is 3.17. The molecule has 0 atom stereocenters. The second-order valence-corrected chi connectivity index (χ2v) is 9.55. The Morgan fingerprint density at radius 2 is 1.75 bits per heavy atom. The normalized spacial score (nSPS) is 14.8. The zero-order chi connectivity index (χ0) is 20.3. The molecule has 2 aromatic rings. The number of thiophene rings is 1. The highest BCUT2D eigenvalue weighted by Gasteiger charge is 2.31. The Hall–Kier alpha value is -2.23. The van der Waals surface area contributed by atoms with Gasteiger partial charge in [-0.2, -0.15) is 4.31 Å². The van der Waals surface area contributed by atoms with Gasteiger partial charge in [0.2, 0.25) is 15.9 Å². The van der Waals surface area contributed by atoms with Crippen LogP contribution in [0.1, 0.15) is 33.6 Å². The van der Waals surface area contributed by atoms with E-state index in [9.17, 15) is 18.0 Å². The molecule has 0 aliphatic carbocycles. The van der Waals surface area contributed by atoms with E-state index >= 15 is 0 Å². The van der Waals surface area contributed by atoms with Crippen LogP contribution in [-0.4, -0.2) is 44.2 Å². The highest BCUT2D eigenvalue weighted by atomic mass is 32.2. The minimum absolute atomic E-state index is 0.00653. The molecule has 0 bridgehead atoms. The predicted octanol–water partition coefficient (Wildman–Crippen LogP) is 2.52. The molecule has 0 saturated carbocycles. The van der Waals surface area contributed by atoms with E-state index in [1.165, 1.54) is 10.4 Å². The summed E-state index contributed by atoms with van der Waals surface area (Å²) in [7, 11) is -3.69. The lowest BCUT2D eigenvalue weighted by molar-refractivity contribution is -0.115. The van der Waals surface area contributed by atoms with E-state index < -0.39 is 15.9 Å². The number of anilines is 1. The van der Waals surface area contributed by atoms with E-state index in [-0.39, 0.29) is 22.2 Å². The maximum atomic E-state index is 12.7. The maximum absolute atomic E-state index is 12.7. The van der Waals surface area contributed by atoms with Crippen LogP contribution in [-0.2, 0) is 14.8 Å².